The highest BCUT2D eigenvalue weighted by molar-refractivity contribution is 5.78. The minimum Gasteiger partial charge on any atom is -0.458 e. The number of nitrogens with one attached hydrogen (secondary N) is 1. The van der Waals surface area contributed by atoms with Gasteiger partial charge in [0.05, 0.1) is 25.2 Å². The lowest BCUT2D eigenvalue weighted by Gasteiger charge is -2.23. The van der Waals surface area contributed by atoms with Crippen LogP contribution in [0, 0.1) is 0 Å². The molecule has 3 atom stereocenters. The van der Waals surface area contributed by atoms with E-state index in [0.29, 0.717) is 12.8 Å². The van der Waals surface area contributed by atoms with Crippen molar-refractivity contribution in [3.63, 3.8) is 0 Å². The minimum absolute atomic E-state index is 0.0708. The van der Waals surface area contributed by atoms with Gasteiger partial charge in [0, 0.05) is 6.42 Å². The van der Waals surface area contributed by atoms with Crippen LogP contribution in [-0.4, -0.2) is 46.9 Å². The van der Waals surface area contributed by atoms with E-state index in [1.165, 1.54) is 89.9 Å². The number of amides is 1. The predicted octanol–water partition coefficient (Wildman–Crippen LogP) is 16.5. The molecular formula is C60H99NO5. The maximum atomic E-state index is 13.2. The number of aliphatic hydroxyl groups is 2. The molecule has 0 bridgehead atoms. The first kappa shape index (κ1) is 62.3. The lowest BCUT2D eigenvalue weighted by Crippen LogP contribution is -2.46. The van der Waals surface area contributed by atoms with Crippen LogP contribution in [0.2, 0.25) is 0 Å². The van der Waals surface area contributed by atoms with Crippen molar-refractivity contribution in [2.75, 3.05) is 6.61 Å². The van der Waals surface area contributed by atoms with Crippen molar-refractivity contribution in [1.29, 1.82) is 0 Å². The Bertz CT molecular complexity index is 1390. The van der Waals surface area contributed by atoms with E-state index in [9.17, 15) is 19.8 Å². The Balaban J connectivity index is 4.78. The minimum atomic E-state index is -0.835. The quantitative estimate of drug-likeness (QED) is 0.0245. The van der Waals surface area contributed by atoms with E-state index >= 15 is 0 Å². The average molecular weight is 914 g/mol. The molecule has 0 aromatic rings. The summed E-state index contributed by atoms with van der Waals surface area (Å²) in [4.78, 5) is 26.1. The standard InChI is InChI=1S/C60H99NO5/c1-4-7-10-13-16-19-22-25-27-29-31-34-36-39-42-45-48-51-56(66-60(65)53-50-47-44-41-38-33-24-21-18-15-12-9-6-3)54-59(64)61-57(55-62)58(63)52-49-46-43-40-37-35-32-30-28-26-23-20-17-14-11-8-5-2/h7,9-10,12,15-16,18-19,21,24-25,27,31,33-34,38-39,42,48,51,56-58,62-63H,4-6,8,11,13-14,17,20,22-23,26,28-30,32,35-37,40-41,43-47,49-50,52-55H2,1-3H3,(H,61,64)/b10-7-,12-9+,18-15+,19-16-,24-21-,27-25-,34-31-,38-33-,42-39-,51-48-. The Hall–Kier alpha value is -3.74. The molecular weight excluding hydrogens is 815 g/mol. The Morgan fingerprint density at radius 1 is 0.485 bits per heavy atom. The molecule has 0 aliphatic rings. The molecule has 0 heterocycles. The first-order valence-corrected chi connectivity index (χ1v) is 26.8. The maximum Gasteiger partial charge on any atom is 0.306 e. The smallest absolute Gasteiger partial charge is 0.306 e. The molecule has 0 aliphatic heterocycles. The van der Waals surface area contributed by atoms with Gasteiger partial charge in [0.15, 0.2) is 0 Å². The van der Waals surface area contributed by atoms with Gasteiger partial charge in [-0.15, -0.1) is 0 Å². The lowest BCUT2D eigenvalue weighted by atomic mass is 10.0. The van der Waals surface area contributed by atoms with Gasteiger partial charge in [0.25, 0.3) is 0 Å². The number of rotatable bonds is 46. The molecule has 0 radical (unpaired) electrons. The van der Waals surface area contributed by atoms with Crippen LogP contribution >= 0.6 is 0 Å². The molecule has 0 aromatic heterocycles. The number of unbranched alkanes of at least 4 members (excludes halogenated alkanes) is 19. The van der Waals surface area contributed by atoms with Gasteiger partial charge in [-0.2, -0.15) is 0 Å². The van der Waals surface area contributed by atoms with E-state index in [1.807, 2.05) is 42.5 Å². The van der Waals surface area contributed by atoms with E-state index in [0.717, 1.165) is 83.5 Å². The van der Waals surface area contributed by atoms with E-state index in [4.69, 9.17) is 4.74 Å². The molecule has 0 aliphatic carbocycles. The zero-order chi connectivity index (χ0) is 48.1. The predicted molar refractivity (Wildman–Crippen MR) is 286 cm³/mol. The Kier molecular flexibility index (Phi) is 49.3. The van der Waals surface area contributed by atoms with Crippen LogP contribution in [0.3, 0.4) is 0 Å². The van der Waals surface area contributed by atoms with Gasteiger partial charge in [-0.1, -0.05) is 252 Å². The Morgan fingerprint density at radius 2 is 0.909 bits per heavy atom. The summed E-state index contributed by atoms with van der Waals surface area (Å²) in [5.74, 6) is -0.686. The number of esters is 1. The molecule has 0 aromatic carbocycles. The van der Waals surface area contributed by atoms with Gasteiger partial charge >= 0.3 is 5.97 Å². The summed E-state index contributed by atoms with van der Waals surface area (Å²) in [5.41, 5.74) is 0. The molecule has 0 fully saturated rings. The largest absolute Gasteiger partial charge is 0.458 e. The molecule has 1 amide bonds. The van der Waals surface area contributed by atoms with E-state index < -0.39 is 18.2 Å². The molecule has 6 nitrogen and oxygen atoms in total. The van der Waals surface area contributed by atoms with Crippen molar-refractivity contribution in [2.45, 2.75) is 238 Å². The molecule has 374 valence electrons. The van der Waals surface area contributed by atoms with Crippen LogP contribution in [-0.2, 0) is 14.3 Å². The van der Waals surface area contributed by atoms with Crippen molar-refractivity contribution < 1.29 is 24.5 Å². The fraction of sp³-hybridized carbons (Fsp3) is 0.633. The molecule has 0 saturated carbocycles. The monoisotopic (exact) mass is 914 g/mol. The summed E-state index contributed by atoms with van der Waals surface area (Å²) < 4.78 is 5.80. The molecule has 6 heteroatoms. The van der Waals surface area contributed by atoms with Gasteiger partial charge in [0.2, 0.25) is 5.91 Å². The van der Waals surface area contributed by atoms with Crippen LogP contribution in [0.15, 0.2) is 122 Å². The lowest BCUT2D eigenvalue weighted by molar-refractivity contribution is -0.148. The van der Waals surface area contributed by atoms with Crippen LogP contribution < -0.4 is 5.32 Å². The van der Waals surface area contributed by atoms with Gasteiger partial charge in [0.1, 0.15) is 6.10 Å². The van der Waals surface area contributed by atoms with E-state index in [1.54, 1.807) is 6.08 Å². The third kappa shape index (κ3) is 46.8. The molecule has 0 spiro atoms. The van der Waals surface area contributed by atoms with Gasteiger partial charge in [-0.25, -0.2) is 0 Å². The van der Waals surface area contributed by atoms with Crippen LogP contribution in [0.1, 0.15) is 220 Å². The second-order valence-electron chi connectivity index (χ2n) is 17.6. The highest BCUT2D eigenvalue weighted by atomic mass is 16.5. The van der Waals surface area contributed by atoms with Crippen LogP contribution in [0.5, 0.6) is 0 Å². The third-order valence-electron chi connectivity index (χ3n) is 11.4. The number of carbonyl (C=O) groups is 2. The number of ether oxygens (including phenoxy) is 1. The highest BCUT2D eigenvalue weighted by Gasteiger charge is 2.23. The molecule has 0 rings (SSSR count). The summed E-state index contributed by atoms with van der Waals surface area (Å²) in [6.45, 7) is 6.18. The van der Waals surface area contributed by atoms with Crippen LogP contribution in [0.4, 0.5) is 0 Å². The molecule has 3 N–H and O–H groups in total. The number of hydrogen-bond donors (Lipinski definition) is 3. The van der Waals surface area contributed by atoms with Gasteiger partial charge < -0.3 is 20.3 Å². The summed E-state index contributed by atoms with van der Waals surface area (Å²) in [6.07, 6.45) is 72.9. The zero-order valence-electron chi connectivity index (χ0n) is 42.5. The Labute approximate surface area is 406 Å². The van der Waals surface area contributed by atoms with Crippen molar-refractivity contribution in [3.8, 4) is 0 Å². The summed E-state index contributed by atoms with van der Waals surface area (Å²) in [7, 11) is 0. The van der Waals surface area contributed by atoms with Crippen molar-refractivity contribution in [1.82, 2.24) is 5.32 Å². The average Bonchev–Trinajstić information content (AvgIpc) is 3.31. The third-order valence-corrected chi connectivity index (χ3v) is 11.4. The normalized spacial score (nSPS) is 14.2. The van der Waals surface area contributed by atoms with Crippen molar-refractivity contribution >= 4 is 11.9 Å². The fourth-order valence-electron chi connectivity index (χ4n) is 7.38. The Morgan fingerprint density at radius 3 is 1.39 bits per heavy atom. The molecule has 66 heavy (non-hydrogen) atoms. The first-order chi connectivity index (χ1) is 32.5. The summed E-state index contributed by atoms with van der Waals surface area (Å²) in [5, 5.41) is 23.8. The highest BCUT2D eigenvalue weighted by Crippen LogP contribution is 2.16. The first-order valence-electron chi connectivity index (χ1n) is 26.8. The molecule has 0 saturated heterocycles. The second kappa shape index (κ2) is 52.2. The second-order valence-corrected chi connectivity index (χ2v) is 17.6. The van der Waals surface area contributed by atoms with E-state index in [-0.39, 0.29) is 31.3 Å². The number of aliphatic hydroxyl groups excluding tert-OH is 2. The van der Waals surface area contributed by atoms with Gasteiger partial charge in [-0.05, 0) is 76.7 Å². The van der Waals surface area contributed by atoms with Crippen molar-refractivity contribution in [3.05, 3.63) is 122 Å². The topological polar surface area (TPSA) is 95.9 Å². The van der Waals surface area contributed by atoms with Crippen molar-refractivity contribution in [2.24, 2.45) is 0 Å². The van der Waals surface area contributed by atoms with E-state index in [2.05, 4.69) is 99.0 Å². The molecule has 3 unspecified atom stereocenters. The van der Waals surface area contributed by atoms with Gasteiger partial charge in [-0.3, -0.25) is 9.59 Å². The number of carbonyl (C=O) groups excluding carboxylic acids is 2. The summed E-state index contributed by atoms with van der Waals surface area (Å²) >= 11 is 0. The zero-order valence-corrected chi connectivity index (χ0v) is 42.5. The fourth-order valence-corrected chi connectivity index (χ4v) is 7.38. The number of allylic oxidation sites excluding steroid dienone is 19. The SMILES string of the molecule is CC/C=C\C/C=C\C/C=C\C/C=C\C/C=C\C/C=C\C(CC(=O)NC(CO)C(O)CCCCCCCCCCCCCCCCCCC)OC(=O)CCCCC\C=C/C=C\C=C\C=C\CC. The van der Waals surface area contributed by atoms with Crippen LogP contribution in [0.25, 0.3) is 0 Å². The number of hydrogen-bond acceptors (Lipinski definition) is 5. The summed E-state index contributed by atoms with van der Waals surface area (Å²) in [6, 6.07) is -0.760. The maximum absolute atomic E-state index is 13.2.